The molecule has 0 atom stereocenters. The van der Waals surface area contributed by atoms with Crippen LogP contribution >= 0.6 is 34.0 Å². The number of rotatable bonds is 7. The summed E-state index contributed by atoms with van der Waals surface area (Å²) in [6.07, 6.45) is 0. The molecule has 0 spiro atoms. The van der Waals surface area contributed by atoms with Gasteiger partial charge in [-0.1, -0.05) is 333 Å². The first-order valence-corrected chi connectivity index (χ1v) is 49.8. The second-order valence-corrected chi connectivity index (χ2v) is 37.7. The van der Waals surface area contributed by atoms with Crippen molar-refractivity contribution in [2.75, 3.05) is 11.9 Å². The molecule has 0 bridgehead atoms. The van der Waals surface area contributed by atoms with Crippen molar-refractivity contribution in [1.82, 2.24) is 52.4 Å². The molecule has 18 aromatic carbocycles. The van der Waals surface area contributed by atoms with E-state index in [1.54, 1.807) is 6.92 Å². The normalized spacial score (nSPS) is 10.9. The van der Waals surface area contributed by atoms with Gasteiger partial charge >= 0.3 is 0 Å². The average molecular weight is 1900 g/mol. The van der Waals surface area contributed by atoms with Gasteiger partial charge < -0.3 is 9.47 Å². The maximum absolute atomic E-state index is 10.6. The first-order chi connectivity index (χ1) is 69.6. The van der Waals surface area contributed by atoms with Crippen LogP contribution in [-0.4, -0.2) is 65.2 Å². The van der Waals surface area contributed by atoms with Crippen molar-refractivity contribution < 1.29 is 4.79 Å². The van der Waals surface area contributed by atoms with Gasteiger partial charge in [0.1, 0.15) is 17.5 Å². The highest BCUT2D eigenvalue weighted by Gasteiger charge is 2.18. The second-order valence-electron chi connectivity index (χ2n) is 34.5. The van der Waals surface area contributed by atoms with Crippen molar-refractivity contribution >= 4 is 178 Å². The molecule has 9 heterocycles. The summed E-state index contributed by atoms with van der Waals surface area (Å²) in [5.74, 6) is 4.69. The number of carbonyl (C=O) groups is 1. The molecule has 0 saturated heterocycles. The highest BCUT2D eigenvalue weighted by molar-refractivity contribution is 7.26. The lowest BCUT2D eigenvalue weighted by molar-refractivity contribution is 0.101. The SMILES string of the molecule is CC(=O)c1ccccc1.CN(c1ccccc1)c1ccccc1.Cc1ccc2c(c1)sc1ccccc12.Cc1ccc2sc3ccccc3c2c1.Cc1cccc2c1sc1ccccc12.Cc1nc(-c2ccccc2)cc(-c2ccccc2)n1.Cc1nc2ccccc2n1-c1ccccc1.Cn1c(-c2ccccc2)nc2ccccc21.Cn1c2nc3ccccc3n2c2ccccc2n2c3ccccc3nc12. The van der Waals surface area contributed by atoms with Gasteiger partial charge in [-0.2, -0.15) is 0 Å². The van der Waals surface area contributed by atoms with Crippen LogP contribution in [0.2, 0.25) is 0 Å². The fourth-order valence-electron chi connectivity index (χ4n) is 17.7. The topological polar surface area (TPSA) is 121 Å². The largest absolute Gasteiger partial charge is 0.345 e. The van der Waals surface area contributed by atoms with Crippen molar-refractivity contribution in [2.24, 2.45) is 14.1 Å². The van der Waals surface area contributed by atoms with Crippen LogP contribution in [-0.2, 0) is 14.1 Å². The Bertz CT molecular complexity index is 8830. The zero-order chi connectivity index (χ0) is 97.4. The number of hydrogen-bond acceptors (Lipinski definition) is 11. The van der Waals surface area contributed by atoms with Crippen LogP contribution in [0.1, 0.15) is 45.6 Å². The Balaban J connectivity index is 0.000000103. The Hall–Kier alpha value is -17.2. The fourth-order valence-corrected chi connectivity index (χ4v) is 21.2. The number of para-hydroxylation sites is 13. The Morgan fingerprint density at radius 2 is 0.655 bits per heavy atom. The van der Waals surface area contributed by atoms with Gasteiger partial charge in [-0.3, -0.25) is 22.7 Å². The summed E-state index contributed by atoms with van der Waals surface area (Å²) in [5.41, 5.74) is 24.5. The molecule has 0 aliphatic carbocycles. The monoisotopic (exact) mass is 1900 g/mol. The van der Waals surface area contributed by atoms with E-state index in [9.17, 15) is 4.79 Å². The molecule has 0 aliphatic heterocycles. The number of aromatic nitrogens is 11. The minimum Gasteiger partial charge on any atom is -0.345 e. The molecule has 0 unspecified atom stereocenters. The van der Waals surface area contributed by atoms with E-state index in [0.717, 1.165) is 118 Å². The molecule has 0 saturated carbocycles. The summed E-state index contributed by atoms with van der Waals surface area (Å²) >= 11 is 5.63. The summed E-state index contributed by atoms with van der Waals surface area (Å²) in [4.78, 5) is 40.8. The molecular formula is C126H104N12OS3. The lowest BCUT2D eigenvalue weighted by Crippen LogP contribution is -2.08. The standard InChI is InChI=1S/C21H15N5.C17H14N2.2C14H12N2.C13H13N.3C13H10S.C8H8O/c1-24-20-22-14-8-2-4-10-16(14)25(20)18-12-6-7-13-19(18)26-17-11-5-3-9-15(17)23-21(24)26;1-13-18-16(14-8-4-2-5-9-14)12-17(19-13)15-10-6-3-7-11-15;1-16-13-10-6-5-9-12(13)15-14(16)11-7-3-2-4-8-11;1-11-15-13-9-5-6-10-14(13)16(11)12-7-3-2-4-8-12;1-14(12-8-4-2-5-9-12)13-10-6-3-7-11-13;1-9-5-4-7-11-10-6-2-3-8-12(10)14-13(9)11;1-9-6-7-13-11(8-9)10-4-2-3-5-12(10)14-13;1-9-6-7-11-10-4-2-3-5-12(10)14-13(11)8-9;1-7(9)8-5-3-2-4-6-8/h2-13H,1H3;2-12H,1H3;2*2-10H,1H3;2-11H,1H3;3*2-8H,1H3;2-6H,1H3. The molecule has 692 valence electrons. The number of nitrogens with zero attached hydrogens (tertiary/aromatic N) is 12. The molecule has 0 fully saturated rings. The zero-order valence-corrected chi connectivity index (χ0v) is 82.9. The Kier molecular flexibility index (Phi) is 28.9. The van der Waals surface area contributed by atoms with Crippen LogP contribution in [0.4, 0.5) is 11.4 Å². The first-order valence-electron chi connectivity index (χ1n) is 47.3. The predicted octanol–water partition coefficient (Wildman–Crippen LogP) is 33.5. The number of imidazole rings is 4. The number of ketones is 1. The summed E-state index contributed by atoms with van der Waals surface area (Å²) in [7, 11) is 6.16. The van der Waals surface area contributed by atoms with Gasteiger partial charge in [0.15, 0.2) is 5.78 Å². The van der Waals surface area contributed by atoms with E-state index < -0.39 is 0 Å². The van der Waals surface area contributed by atoms with E-state index in [2.05, 4.69) is 379 Å². The number of fused-ring (bicyclic) bond motifs is 20. The highest BCUT2D eigenvalue weighted by atomic mass is 32.1. The quantitative estimate of drug-likeness (QED) is 0.145. The van der Waals surface area contributed by atoms with Crippen molar-refractivity contribution in [3.63, 3.8) is 0 Å². The van der Waals surface area contributed by atoms with Gasteiger partial charge in [0, 0.05) is 121 Å². The third-order valence-electron chi connectivity index (χ3n) is 24.7. The molecule has 27 rings (SSSR count). The average Bonchev–Trinajstić information content (AvgIpc) is 1.56. The van der Waals surface area contributed by atoms with E-state index in [4.69, 9.17) is 9.97 Å². The van der Waals surface area contributed by atoms with Gasteiger partial charge in [0.2, 0.25) is 11.6 Å². The smallest absolute Gasteiger partial charge is 0.218 e. The van der Waals surface area contributed by atoms with Crippen LogP contribution < -0.4 is 4.90 Å². The summed E-state index contributed by atoms with van der Waals surface area (Å²) in [6.45, 7) is 12.0. The van der Waals surface area contributed by atoms with E-state index in [1.807, 2.05) is 225 Å². The molecule has 0 aliphatic rings. The van der Waals surface area contributed by atoms with Crippen LogP contribution in [0, 0.1) is 34.6 Å². The molecule has 142 heavy (non-hydrogen) atoms. The van der Waals surface area contributed by atoms with E-state index in [-0.39, 0.29) is 5.78 Å². The lowest BCUT2D eigenvalue weighted by Gasteiger charge is -2.18. The maximum Gasteiger partial charge on any atom is 0.218 e. The number of benzene rings is 18. The van der Waals surface area contributed by atoms with E-state index >= 15 is 0 Å². The lowest BCUT2D eigenvalue weighted by atomic mass is 10.1. The number of Topliss-reactive ketones (excluding diaryl/α,β-unsaturated/α-hetero) is 1. The fraction of sp³-hybridized carbons (Fsp3) is 0.0714. The molecule has 9 aromatic heterocycles. The Morgan fingerprint density at radius 3 is 1.16 bits per heavy atom. The van der Waals surface area contributed by atoms with Crippen LogP contribution in [0.3, 0.4) is 0 Å². The van der Waals surface area contributed by atoms with Gasteiger partial charge in [-0.15, -0.1) is 34.0 Å². The Labute approximate surface area is 837 Å². The predicted molar refractivity (Wildman–Crippen MR) is 603 cm³/mol. The molecule has 0 N–H and O–H groups in total. The minimum atomic E-state index is 0.121. The van der Waals surface area contributed by atoms with Crippen molar-refractivity contribution in [3.8, 4) is 39.6 Å². The van der Waals surface area contributed by atoms with Crippen molar-refractivity contribution in [1.29, 1.82) is 0 Å². The van der Waals surface area contributed by atoms with Crippen LogP contribution in [0.15, 0.2) is 467 Å². The number of carbonyl (C=O) groups excluding carboxylic acids is 1. The third kappa shape index (κ3) is 21.0. The molecule has 27 aromatic rings. The zero-order valence-electron chi connectivity index (χ0n) is 80.5. The molecule has 0 amide bonds. The third-order valence-corrected chi connectivity index (χ3v) is 28.3. The highest BCUT2D eigenvalue weighted by Crippen LogP contribution is 2.39. The van der Waals surface area contributed by atoms with Crippen molar-refractivity contribution in [3.05, 3.63) is 501 Å². The first kappa shape index (κ1) is 93.8. The number of thiophene rings is 3. The van der Waals surface area contributed by atoms with Gasteiger partial charge in [0.05, 0.1) is 66.6 Å². The van der Waals surface area contributed by atoms with E-state index in [1.165, 1.54) is 94.1 Å². The second kappa shape index (κ2) is 43.7. The number of hydrogen-bond donors (Lipinski definition) is 0. The molecular weight excluding hydrogens is 1790 g/mol. The molecule has 16 heteroatoms. The van der Waals surface area contributed by atoms with Gasteiger partial charge in [-0.05, 0) is 192 Å². The van der Waals surface area contributed by atoms with Crippen molar-refractivity contribution in [2.45, 2.75) is 41.5 Å². The summed E-state index contributed by atoms with van der Waals surface area (Å²) < 4.78 is 19.2. The maximum atomic E-state index is 10.6. The van der Waals surface area contributed by atoms with Gasteiger partial charge in [-0.25, -0.2) is 29.9 Å². The molecule has 13 nitrogen and oxygen atoms in total. The van der Waals surface area contributed by atoms with E-state index in [0.29, 0.717) is 0 Å². The number of aryl methyl sites for hydroxylation is 7. The minimum absolute atomic E-state index is 0.121. The summed E-state index contributed by atoms with van der Waals surface area (Å²) in [5, 5.41) is 8.33. The van der Waals surface area contributed by atoms with Gasteiger partial charge in [0.25, 0.3) is 0 Å². The number of anilines is 2. The molecule has 0 radical (unpaired) electrons. The summed E-state index contributed by atoms with van der Waals surface area (Å²) in [6, 6.07) is 160. The Morgan fingerprint density at radius 1 is 0.282 bits per heavy atom. The van der Waals surface area contributed by atoms with Crippen LogP contribution in [0.25, 0.3) is 167 Å². The van der Waals surface area contributed by atoms with Crippen LogP contribution in [0.5, 0.6) is 0 Å².